The van der Waals surface area contributed by atoms with Gasteiger partial charge < -0.3 is 10.6 Å². The van der Waals surface area contributed by atoms with E-state index < -0.39 is 9.84 Å². The van der Waals surface area contributed by atoms with E-state index in [1.807, 2.05) is 0 Å². The molecule has 0 radical (unpaired) electrons. The number of sulfone groups is 1. The van der Waals surface area contributed by atoms with Crippen molar-refractivity contribution in [2.24, 2.45) is 0 Å². The highest BCUT2D eigenvalue weighted by molar-refractivity contribution is 7.91. The Morgan fingerprint density at radius 1 is 1.46 bits per heavy atom. The van der Waals surface area contributed by atoms with Crippen LogP contribution in [0.4, 0.5) is 0 Å². The second-order valence-electron chi connectivity index (χ2n) is 4.14. The molecule has 2 N–H and O–H groups in total. The number of hydrogen-bond acceptors (Lipinski definition) is 4. The third kappa shape index (κ3) is 1.49. The first-order chi connectivity index (χ1) is 6.05. The molecule has 1 spiro atoms. The monoisotopic (exact) mass is 204 g/mol. The number of rotatable bonds is 1. The predicted molar refractivity (Wildman–Crippen MR) is 51.5 cm³/mol. The van der Waals surface area contributed by atoms with Crippen molar-refractivity contribution >= 4 is 9.84 Å². The fourth-order valence-electron chi connectivity index (χ4n) is 2.55. The Kier molecular flexibility index (Phi) is 2.13. The summed E-state index contributed by atoms with van der Waals surface area (Å²) in [5.41, 5.74) is -0.159. The summed E-state index contributed by atoms with van der Waals surface area (Å²) >= 11 is 0. The van der Waals surface area contributed by atoms with Crippen molar-refractivity contribution in [2.75, 3.05) is 25.9 Å². The Morgan fingerprint density at radius 2 is 2.23 bits per heavy atom. The van der Waals surface area contributed by atoms with Gasteiger partial charge in [0.05, 0.1) is 5.25 Å². The molecule has 2 rings (SSSR count). The summed E-state index contributed by atoms with van der Waals surface area (Å²) in [5, 5.41) is 6.28. The number of nitrogens with one attached hydrogen (secondary N) is 2. The van der Waals surface area contributed by atoms with Crippen LogP contribution >= 0.6 is 0 Å². The lowest BCUT2D eigenvalue weighted by Crippen LogP contribution is -2.52. The standard InChI is InChI=1S/C8H16N2O2S/c1-13(11,12)7-5-9-6-8(7)3-2-4-10-8/h7,9-10H,2-6H2,1H3. The van der Waals surface area contributed by atoms with Crippen molar-refractivity contribution in [3.63, 3.8) is 0 Å². The minimum Gasteiger partial charge on any atom is -0.313 e. The van der Waals surface area contributed by atoms with Crippen molar-refractivity contribution < 1.29 is 8.42 Å². The number of hydrogen-bond donors (Lipinski definition) is 2. The SMILES string of the molecule is CS(=O)(=O)C1CNCC12CCCN2. The van der Waals surface area contributed by atoms with Gasteiger partial charge in [0.15, 0.2) is 9.84 Å². The van der Waals surface area contributed by atoms with Gasteiger partial charge in [0.1, 0.15) is 0 Å². The van der Waals surface area contributed by atoms with Gasteiger partial charge in [-0.25, -0.2) is 8.42 Å². The summed E-state index contributed by atoms with van der Waals surface area (Å²) in [6.07, 6.45) is 3.41. The van der Waals surface area contributed by atoms with E-state index >= 15 is 0 Å². The predicted octanol–water partition coefficient (Wildman–Crippen LogP) is -0.875. The molecule has 2 saturated heterocycles. The van der Waals surface area contributed by atoms with E-state index in [1.165, 1.54) is 6.26 Å². The van der Waals surface area contributed by atoms with Gasteiger partial charge in [-0.05, 0) is 19.4 Å². The molecule has 0 aromatic rings. The van der Waals surface area contributed by atoms with Gasteiger partial charge in [-0.3, -0.25) is 0 Å². The minimum atomic E-state index is -2.92. The molecule has 2 aliphatic heterocycles. The first-order valence-electron chi connectivity index (χ1n) is 4.69. The van der Waals surface area contributed by atoms with Crippen molar-refractivity contribution in [3.05, 3.63) is 0 Å². The lowest BCUT2D eigenvalue weighted by molar-refractivity contribution is 0.410. The molecule has 2 atom stereocenters. The normalized spacial score (nSPS) is 40.2. The Bertz CT molecular complexity index is 288. The lowest BCUT2D eigenvalue weighted by Gasteiger charge is -2.28. The molecule has 13 heavy (non-hydrogen) atoms. The first kappa shape index (κ1) is 9.43. The first-order valence-corrected chi connectivity index (χ1v) is 6.65. The average molecular weight is 204 g/mol. The van der Waals surface area contributed by atoms with Gasteiger partial charge in [-0.15, -0.1) is 0 Å². The molecular formula is C8H16N2O2S. The third-order valence-electron chi connectivity index (χ3n) is 3.18. The summed E-state index contributed by atoms with van der Waals surface area (Å²) in [5.74, 6) is 0. The van der Waals surface area contributed by atoms with Crippen LogP contribution in [0.25, 0.3) is 0 Å². The van der Waals surface area contributed by atoms with Crippen LogP contribution < -0.4 is 10.6 Å². The topological polar surface area (TPSA) is 58.2 Å². The van der Waals surface area contributed by atoms with Crippen LogP contribution in [-0.2, 0) is 9.84 Å². The zero-order valence-electron chi connectivity index (χ0n) is 7.84. The van der Waals surface area contributed by atoms with Gasteiger partial charge in [-0.1, -0.05) is 0 Å². The zero-order chi connectivity index (χ0) is 9.53. The van der Waals surface area contributed by atoms with Gasteiger partial charge in [-0.2, -0.15) is 0 Å². The molecule has 0 saturated carbocycles. The molecule has 2 aliphatic rings. The molecule has 5 heteroatoms. The molecule has 0 aliphatic carbocycles. The molecule has 0 aromatic carbocycles. The maximum absolute atomic E-state index is 11.5. The molecule has 0 amide bonds. The van der Waals surface area contributed by atoms with Gasteiger partial charge >= 0.3 is 0 Å². The third-order valence-corrected chi connectivity index (χ3v) is 4.83. The van der Waals surface area contributed by atoms with Crippen LogP contribution in [0.2, 0.25) is 0 Å². The molecule has 0 bridgehead atoms. The van der Waals surface area contributed by atoms with E-state index in [-0.39, 0.29) is 10.8 Å². The summed E-state index contributed by atoms with van der Waals surface area (Å²) in [6, 6.07) is 0. The quantitative estimate of drug-likeness (QED) is 0.583. The van der Waals surface area contributed by atoms with E-state index in [0.29, 0.717) is 6.54 Å². The molecule has 2 unspecified atom stereocenters. The largest absolute Gasteiger partial charge is 0.313 e. The van der Waals surface area contributed by atoms with E-state index in [4.69, 9.17) is 0 Å². The Morgan fingerprint density at radius 3 is 2.77 bits per heavy atom. The summed E-state index contributed by atoms with van der Waals surface area (Å²) in [7, 11) is -2.92. The zero-order valence-corrected chi connectivity index (χ0v) is 8.65. The van der Waals surface area contributed by atoms with Gasteiger partial charge in [0, 0.05) is 24.9 Å². The van der Waals surface area contributed by atoms with Crippen LogP contribution in [0.15, 0.2) is 0 Å². The Balaban J connectivity index is 2.28. The van der Waals surface area contributed by atoms with Crippen molar-refractivity contribution in [2.45, 2.75) is 23.6 Å². The maximum Gasteiger partial charge on any atom is 0.153 e. The van der Waals surface area contributed by atoms with Crippen LogP contribution in [0.1, 0.15) is 12.8 Å². The Labute approximate surface area is 79.0 Å². The van der Waals surface area contributed by atoms with Crippen LogP contribution in [-0.4, -0.2) is 45.1 Å². The molecule has 4 nitrogen and oxygen atoms in total. The summed E-state index contributed by atoms with van der Waals surface area (Å²) in [6.45, 7) is 2.35. The van der Waals surface area contributed by atoms with Crippen LogP contribution in [0.5, 0.6) is 0 Å². The fraction of sp³-hybridized carbons (Fsp3) is 1.00. The average Bonchev–Trinajstić information content (AvgIpc) is 2.60. The molecule has 2 heterocycles. The summed E-state index contributed by atoms with van der Waals surface area (Å²) in [4.78, 5) is 0. The highest BCUT2D eigenvalue weighted by Gasteiger charge is 2.49. The molecular weight excluding hydrogens is 188 g/mol. The van der Waals surface area contributed by atoms with E-state index in [0.717, 1.165) is 25.9 Å². The highest BCUT2D eigenvalue weighted by Crippen LogP contribution is 2.30. The van der Waals surface area contributed by atoms with E-state index in [9.17, 15) is 8.42 Å². The van der Waals surface area contributed by atoms with Crippen molar-refractivity contribution in [3.8, 4) is 0 Å². The highest BCUT2D eigenvalue weighted by atomic mass is 32.2. The van der Waals surface area contributed by atoms with Gasteiger partial charge in [0.2, 0.25) is 0 Å². The van der Waals surface area contributed by atoms with Crippen molar-refractivity contribution in [1.82, 2.24) is 10.6 Å². The molecule has 2 fully saturated rings. The second-order valence-corrected chi connectivity index (χ2v) is 6.36. The van der Waals surface area contributed by atoms with Crippen LogP contribution in [0.3, 0.4) is 0 Å². The maximum atomic E-state index is 11.5. The van der Waals surface area contributed by atoms with Crippen molar-refractivity contribution in [1.29, 1.82) is 0 Å². The smallest absolute Gasteiger partial charge is 0.153 e. The Hall–Kier alpha value is -0.130. The van der Waals surface area contributed by atoms with E-state index in [1.54, 1.807) is 0 Å². The lowest BCUT2D eigenvalue weighted by atomic mass is 9.96. The molecule has 0 aromatic heterocycles. The van der Waals surface area contributed by atoms with E-state index in [2.05, 4.69) is 10.6 Å². The minimum absolute atomic E-state index is 0.159. The van der Waals surface area contributed by atoms with Gasteiger partial charge in [0.25, 0.3) is 0 Å². The van der Waals surface area contributed by atoms with Crippen LogP contribution in [0, 0.1) is 0 Å². The fourth-order valence-corrected chi connectivity index (χ4v) is 4.08. The second kappa shape index (κ2) is 2.93. The summed E-state index contributed by atoms with van der Waals surface area (Å²) < 4.78 is 23.0. The molecule has 76 valence electrons.